The molecule has 1 unspecified atom stereocenters. The van der Waals surface area contributed by atoms with Crippen molar-refractivity contribution in [3.8, 4) is 28.2 Å². The van der Waals surface area contributed by atoms with E-state index in [1.165, 1.54) is 5.56 Å². The van der Waals surface area contributed by atoms with Crippen LogP contribution in [0.4, 0.5) is 4.79 Å². The second-order valence-corrected chi connectivity index (χ2v) is 12.8. The molecule has 5 heterocycles. The predicted octanol–water partition coefficient (Wildman–Crippen LogP) is 6.65. The first-order valence-electron chi connectivity index (χ1n) is 15.3. The van der Waals surface area contributed by atoms with Crippen LogP contribution in [0.2, 0.25) is 0 Å². The highest BCUT2D eigenvalue weighted by atomic mass is 16.6. The highest BCUT2D eigenvalue weighted by Crippen LogP contribution is 2.35. The number of rotatable bonds is 4. The molecule has 2 aliphatic rings. The molecule has 1 amide bonds. The van der Waals surface area contributed by atoms with Crippen molar-refractivity contribution in [2.45, 2.75) is 71.8 Å². The van der Waals surface area contributed by atoms with Gasteiger partial charge in [-0.3, -0.25) is 4.98 Å². The van der Waals surface area contributed by atoms with Gasteiger partial charge in [0.05, 0.1) is 17.4 Å². The molecular weight excluding hydrogens is 554 g/mol. The summed E-state index contributed by atoms with van der Waals surface area (Å²) < 4.78 is 15.5. The second-order valence-electron chi connectivity index (χ2n) is 12.8. The van der Waals surface area contributed by atoms with Crippen LogP contribution in [0.5, 0.6) is 0 Å². The number of pyridine rings is 1. The third-order valence-electron chi connectivity index (χ3n) is 8.20. The van der Waals surface area contributed by atoms with Crippen LogP contribution in [0.3, 0.4) is 0 Å². The summed E-state index contributed by atoms with van der Waals surface area (Å²) in [6.07, 6.45) is 9.15. The lowest BCUT2D eigenvalue weighted by Crippen LogP contribution is -2.39. The van der Waals surface area contributed by atoms with E-state index in [0.717, 1.165) is 76.8 Å². The van der Waals surface area contributed by atoms with Crippen LogP contribution < -0.4 is 0 Å². The molecule has 2 aliphatic heterocycles. The number of aromatic nitrogens is 6. The fourth-order valence-electron chi connectivity index (χ4n) is 6.02. The Hall–Kier alpha value is -4.57. The first-order chi connectivity index (χ1) is 21.2. The van der Waals surface area contributed by atoms with Crippen LogP contribution >= 0.6 is 0 Å². The molecule has 3 aromatic heterocycles. The minimum atomic E-state index is -0.518. The Morgan fingerprint density at radius 2 is 1.91 bits per heavy atom. The molecule has 2 aromatic carbocycles. The van der Waals surface area contributed by atoms with Gasteiger partial charge in [-0.15, -0.1) is 5.10 Å². The van der Waals surface area contributed by atoms with Crippen LogP contribution in [0.1, 0.15) is 63.0 Å². The molecule has 0 saturated carbocycles. The molecule has 0 bridgehead atoms. The number of hydrogen-bond donors (Lipinski definition) is 0. The molecule has 44 heavy (non-hydrogen) atoms. The van der Waals surface area contributed by atoms with Crippen LogP contribution in [0.15, 0.2) is 61.1 Å². The number of benzene rings is 2. The van der Waals surface area contributed by atoms with Crippen molar-refractivity contribution in [3.63, 3.8) is 0 Å². The van der Waals surface area contributed by atoms with Crippen LogP contribution in [-0.2, 0) is 22.4 Å². The second kappa shape index (κ2) is 11.2. The highest BCUT2D eigenvalue weighted by Gasteiger charge is 2.27. The quantitative estimate of drug-likeness (QED) is 0.231. The Morgan fingerprint density at radius 1 is 1.02 bits per heavy atom. The molecule has 7 rings (SSSR count). The number of amides is 1. The van der Waals surface area contributed by atoms with E-state index in [4.69, 9.17) is 14.6 Å². The molecule has 10 nitrogen and oxygen atoms in total. The lowest BCUT2D eigenvalue weighted by atomic mass is 9.99. The molecule has 0 radical (unpaired) electrons. The van der Waals surface area contributed by atoms with Crippen molar-refractivity contribution in [2.24, 2.45) is 0 Å². The van der Waals surface area contributed by atoms with Crippen molar-refractivity contribution in [3.05, 3.63) is 77.7 Å². The monoisotopic (exact) mass is 591 g/mol. The van der Waals surface area contributed by atoms with E-state index >= 15 is 0 Å². The Balaban J connectivity index is 1.21. The highest BCUT2D eigenvalue weighted by molar-refractivity contribution is 5.95. The van der Waals surface area contributed by atoms with Gasteiger partial charge in [-0.2, -0.15) is 5.10 Å². The molecule has 0 aliphatic carbocycles. The van der Waals surface area contributed by atoms with Gasteiger partial charge in [0.1, 0.15) is 17.0 Å². The van der Waals surface area contributed by atoms with E-state index in [1.54, 1.807) is 9.58 Å². The van der Waals surface area contributed by atoms with Gasteiger partial charge in [0, 0.05) is 43.0 Å². The van der Waals surface area contributed by atoms with Crippen LogP contribution in [0, 0.1) is 6.92 Å². The standard InChI is InChI=1S/C34H37N7O3/c1-22-15-26(19-35-18-22)23-9-11-30-28(17-23)32(37-41(30)31-7-5-6-14-43-31)29-21-40(38-36-29)27-10-8-25-20-39(13-12-24(25)16-27)33(42)44-34(2,3)4/h8-11,15-19,21,31H,5-7,12-14,20H2,1-4H3. The van der Waals surface area contributed by atoms with E-state index in [1.807, 2.05) is 50.1 Å². The predicted molar refractivity (Wildman–Crippen MR) is 167 cm³/mol. The lowest BCUT2D eigenvalue weighted by Gasteiger charge is -2.31. The molecule has 0 spiro atoms. The number of carbonyl (C=O) groups excluding carboxylic acids is 1. The van der Waals surface area contributed by atoms with Gasteiger partial charge >= 0.3 is 6.09 Å². The maximum Gasteiger partial charge on any atom is 0.410 e. The van der Waals surface area contributed by atoms with E-state index in [0.29, 0.717) is 18.8 Å². The topological polar surface area (TPSA) is 100 Å². The number of hydrogen-bond acceptors (Lipinski definition) is 7. The third kappa shape index (κ3) is 5.57. The fraction of sp³-hybridized carbons (Fsp3) is 0.382. The molecule has 10 heteroatoms. The average molecular weight is 592 g/mol. The number of fused-ring (bicyclic) bond motifs is 2. The van der Waals surface area contributed by atoms with E-state index in [2.05, 4.69) is 58.6 Å². The van der Waals surface area contributed by atoms with Crippen molar-refractivity contribution in [2.75, 3.05) is 13.2 Å². The zero-order chi connectivity index (χ0) is 30.4. The number of ether oxygens (including phenoxy) is 2. The van der Waals surface area contributed by atoms with Gasteiger partial charge in [0.2, 0.25) is 0 Å². The summed E-state index contributed by atoms with van der Waals surface area (Å²) in [5.41, 5.74) is 8.42. The molecular formula is C34H37N7O3. The molecule has 226 valence electrons. The van der Waals surface area contributed by atoms with E-state index in [9.17, 15) is 4.79 Å². The zero-order valence-corrected chi connectivity index (χ0v) is 25.7. The van der Waals surface area contributed by atoms with Crippen molar-refractivity contribution in [1.82, 2.24) is 34.7 Å². The van der Waals surface area contributed by atoms with Gasteiger partial charge in [-0.05, 0) is 106 Å². The minimum absolute atomic E-state index is 0.109. The summed E-state index contributed by atoms with van der Waals surface area (Å²) in [6, 6.07) is 14.8. The van der Waals surface area contributed by atoms with Crippen molar-refractivity contribution >= 4 is 17.0 Å². The Labute approximate surface area is 256 Å². The normalized spacial score (nSPS) is 17.1. The molecule has 5 aromatic rings. The smallest absolute Gasteiger partial charge is 0.410 e. The summed E-state index contributed by atoms with van der Waals surface area (Å²) >= 11 is 0. The lowest BCUT2D eigenvalue weighted by molar-refractivity contribution is -0.0365. The first kappa shape index (κ1) is 28.2. The summed E-state index contributed by atoms with van der Waals surface area (Å²) in [5.74, 6) is 0. The largest absolute Gasteiger partial charge is 0.444 e. The number of carbonyl (C=O) groups is 1. The third-order valence-corrected chi connectivity index (χ3v) is 8.20. The van der Waals surface area contributed by atoms with E-state index < -0.39 is 5.60 Å². The van der Waals surface area contributed by atoms with Gasteiger partial charge in [-0.25, -0.2) is 14.2 Å². The summed E-state index contributed by atoms with van der Waals surface area (Å²) in [4.78, 5) is 18.8. The maximum atomic E-state index is 12.6. The Bertz CT molecular complexity index is 1850. The molecule has 1 saturated heterocycles. The van der Waals surface area contributed by atoms with Crippen molar-refractivity contribution in [1.29, 1.82) is 0 Å². The van der Waals surface area contributed by atoms with Gasteiger partial charge in [0.25, 0.3) is 0 Å². The fourth-order valence-corrected chi connectivity index (χ4v) is 6.02. The first-order valence-corrected chi connectivity index (χ1v) is 15.3. The summed E-state index contributed by atoms with van der Waals surface area (Å²) in [5, 5.41) is 15.2. The average Bonchev–Trinajstić information content (AvgIpc) is 3.65. The van der Waals surface area contributed by atoms with Crippen LogP contribution in [0.25, 0.3) is 39.1 Å². The van der Waals surface area contributed by atoms with Gasteiger partial charge in [0.15, 0.2) is 6.23 Å². The molecule has 1 fully saturated rings. The zero-order valence-electron chi connectivity index (χ0n) is 25.7. The van der Waals surface area contributed by atoms with Gasteiger partial charge < -0.3 is 14.4 Å². The number of nitrogens with zero attached hydrogens (tertiary/aromatic N) is 7. The SMILES string of the molecule is Cc1cncc(-c2ccc3c(c2)c(-c2cn(-c4ccc5c(c4)CCN(C(=O)OC(C)(C)C)C5)nn2)nn3C2CCCCO2)c1. The molecule has 0 N–H and O–H groups in total. The summed E-state index contributed by atoms with van der Waals surface area (Å²) in [6.45, 7) is 9.59. The number of aryl methyl sites for hydroxylation is 1. The minimum Gasteiger partial charge on any atom is -0.444 e. The maximum absolute atomic E-state index is 12.6. The van der Waals surface area contributed by atoms with Crippen molar-refractivity contribution < 1.29 is 14.3 Å². The summed E-state index contributed by atoms with van der Waals surface area (Å²) in [7, 11) is 0. The Morgan fingerprint density at radius 3 is 2.70 bits per heavy atom. The van der Waals surface area contributed by atoms with Gasteiger partial charge in [-0.1, -0.05) is 17.3 Å². The Kier molecular flexibility index (Phi) is 7.16. The molecule has 1 atom stereocenters. The van der Waals surface area contributed by atoms with Crippen LogP contribution in [-0.4, -0.2) is 59.5 Å². The van der Waals surface area contributed by atoms with E-state index in [-0.39, 0.29) is 12.3 Å².